The SMILES string of the molecule is CCC1CCCC(NC(=O)c2cc(Cl)c(N)cc2OC)C1. The molecular formula is C16H23ClN2O2. The van der Waals surface area contributed by atoms with Crippen LogP contribution in [0.15, 0.2) is 12.1 Å². The van der Waals surface area contributed by atoms with E-state index in [0.717, 1.165) is 12.8 Å². The van der Waals surface area contributed by atoms with Gasteiger partial charge in [-0.2, -0.15) is 0 Å². The summed E-state index contributed by atoms with van der Waals surface area (Å²) in [6.45, 7) is 2.21. The summed E-state index contributed by atoms with van der Waals surface area (Å²) in [4.78, 5) is 12.5. The lowest BCUT2D eigenvalue weighted by Crippen LogP contribution is -2.38. The minimum atomic E-state index is -0.143. The van der Waals surface area contributed by atoms with Crippen LogP contribution in [0.25, 0.3) is 0 Å². The van der Waals surface area contributed by atoms with E-state index in [-0.39, 0.29) is 11.9 Å². The van der Waals surface area contributed by atoms with Crippen molar-refractivity contribution in [3.63, 3.8) is 0 Å². The molecule has 2 atom stereocenters. The topological polar surface area (TPSA) is 64.4 Å². The smallest absolute Gasteiger partial charge is 0.255 e. The monoisotopic (exact) mass is 310 g/mol. The van der Waals surface area contributed by atoms with Gasteiger partial charge < -0.3 is 15.8 Å². The summed E-state index contributed by atoms with van der Waals surface area (Å²) >= 11 is 6.01. The van der Waals surface area contributed by atoms with Crippen molar-refractivity contribution in [2.45, 2.75) is 45.1 Å². The molecule has 3 N–H and O–H groups in total. The first-order chi connectivity index (χ1) is 10.0. The van der Waals surface area contributed by atoms with Crippen molar-refractivity contribution >= 4 is 23.2 Å². The molecule has 0 heterocycles. The number of nitrogens with two attached hydrogens (primary N) is 1. The molecule has 0 aliphatic heterocycles. The van der Waals surface area contributed by atoms with Crippen molar-refractivity contribution in [3.8, 4) is 5.75 Å². The quantitative estimate of drug-likeness (QED) is 0.835. The molecule has 1 fully saturated rings. The number of ether oxygens (including phenoxy) is 1. The standard InChI is InChI=1S/C16H23ClN2O2/c1-3-10-5-4-6-11(7-10)19-16(20)12-8-13(17)14(18)9-15(12)21-2/h8-11H,3-7,18H2,1-2H3,(H,19,20). The van der Waals surface area contributed by atoms with Crippen LogP contribution in [0, 0.1) is 5.92 Å². The van der Waals surface area contributed by atoms with Crippen LogP contribution in [-0.2, 0) is 0 Å². The molecule has 0 bridgehead atoms. The molecule has 116 valence electrons. The number of halogens is 1. The van der Waals surface area contributed by atoms with Gasteiger partial charge in [-0.15, -0.1) is 0 Å². The molecule has 4 nitrogen and oxygen atoms in total. The lowest BCUT2D eigenvalue weighted by molar-refractivity contribution is 0.0916. The Morgan fingerprint density at radius 3 is 2.90 bits per heavy atom. The molecule has 2 rings (SSSR count). The summed E-state index contributed by atoms with van der Waals surface area (Å²) in [5, 5.41) is 3.47. The Balaban J connectivity index is 2.11. The fraction of sp³-hybridized carbons (Fsp3) is 0.562. The van der Waals surface area contributed by atoms with E-state index in [1.165, 1.54) is 26.4 Å². The highest BCUT2D eigenvalue weighted by molar-refractivity contribution is 6.33. The lowest BCUT2D eigenvalue weighted by Gasteiger charge is -2.29. The van der Waals surface area contributed by atoms with Crippen molar-refractivity contribution in [3.05, 3.63) is 22.7 Å². The molecule has 1 saturated carbocycles. The predicted molar refractivity (Wildman–Crippen MR) is 85.9 cm³/mol. The van der Waals surface area contributed by atoms with Gasteiger partial charge in [0.25, 0.3) is 5.91 Å². The summed E-state index contributed by atoms with van der Waals surface area (Å²) in [6.07, 6.45) is 5.69. The van der Waals surface area contributed by atoms with Gasteiger partial charge in [0.2, 0.25) is 0 Å². The van der Waals surface area contributed by atoms with Gasteiger partial charge in [-0.1, -0.05) is 37.8 Å². The number of methoxy groups -OCH3 is 1. The fourth-order valence-corrected chi connectivity index (χ4v) is 3.14. The van der Waals surface area contributed by atoms with Crippen molar-refractivity contribution < 1.29 is 9.53 Å². The maximum absolute atomic E-state index is 12.5. The van der Waals surface area contributed by atoms with Crippen LogP contribution in [-0.4, -0.2) is 19.1 Å². The van der Waals surface area contributed by atoms with Crippen LogP contribution in [0.5, 0.6) is 5.75 Å². The van der Waals surface area contributed by atoms with E-state index in [9.17, 15) is 4.79 Å². The highest BCUT2D eigenvalue weighted by atomic mass is 35.5. The first-order valence-corrected chi connectivity index (χ1v) is 7.86. The molecular weight excluding hydrogens is 288 g/mol. The number of hydrogen-bond donors (Lipinski definition) is 2. The fourth-order valence-electron chi connectivity index (χ4n) is 2.97. The van der Waals surface area contributed by atoms with Gasteiger partial charge in [0, 0.05) is 12.1 Å². The summed E-state index contributed by atoms with van der Waals surface area (Å²) < 4.78 is 5.23. The molecule has 2 unspecified atom stereocenters. The van der Waals surface area contributed by atoms with Crippen LogP contribution in [0.4, 0.5) is 5.69 Å². The van der Waals surface area contributed by atoms with Gasteiger partial charge in [0.1, 0.15) is 5.75 Å². The van der Waals surface area contributed by atoms with Gasteiger partial charge in [-0.05, 0) is 24.8 Å². The number of carbonyl (C=O) groups excluding carboxylic acids is 1. The predicted octanol–water partition coefficient (Wildman–Crippen LogP) is 3.63. The zero-order valence-corrected chi connectivity index (χ0v) is 13.4. The molecule has 1 aliphatic rings. The Morgan fingerprint density at radius 2 is 2.24 bits per heavy atom. The number of amides is 1. The molecule has 1 aromatic rings. The highest BCUT2D eigenvalue weighted by Gasteiger charge is 2.24. The number of nitrogens with one attached hydrogen (secondary N) is 1. The molecule has 0 radical (unpaired) electrons. The van der Waals surface area contributed by atoms with Crippen molar-refractivity contribution in [1.29, 1.82) is 0 Å². The van der Waals surface area contributed by atoms with Crippen LogP contribution in [0.1, 0.15) is 49.4 Å². The van der Waals surface area contributed by atoms with Crippen molar-refractivity contribution in [1.82, 2.24) is 5.32 Å². The van der Waals surface area contributed by atoms with E-state index in [1.54, 1.807) is 12.1 Å². The van der Waals surface area contributed by atoms with E-state index in [1.807, 2.05) is 0 Å². The van der Waals surface area contributed by atoms with E-state index >= 15 is 0 Å². The van der Waals surface area contributed by atoms with Crippen LogP contribution >= 0.6 is 11.6 Å². The summed E-state index contributed by atoms with van der Waals surface area (Å²) in [5.41, 5.74) is 6.59. The molecule has 0 spiro atoms. The third kappa shape index (κ3) is 3.82. The normalized spacial score (nSPS) is 21.9. The second kappa shape index (κ2) is 7.03. The molecule has 1 amide bonds. The van der Waals surface area contributed by atoms with Gasteiger partial charge in [-0.25, -0.2) is 0 Å². The Morgan fingerprint density at radius 1 is 1.48 bits per heavy atom. The summed E-state index contributed by atoms with van der Waals surface area (Å²) in [5.74, 6) is 1.02. The molecule has 0 saturated heterocycles. The number of anilines is 1. The number of carbonyl (C=O) groups is 1. The third-order valence-electron chi connectivity index (χ3n) is 4.26. The third-order valence-corrected chi connectivity index (χ3v) is 4.59. The molecule has 5 heteroatoms. The van der Waals surface area contributed by atoms with Gasteiger partial charge in [-0.3, -0.25) is 4.79 Å². The van der Waals surface area contributed by atoms with Crippen molar-refractivity contribution in [2.24, 2.45) is 5.92 Å². The van der Waals surface area contributed by atoms with E-state index < -0.39 is 0 Å². The van der Waals surface area contributed by atoms with Crippen LogP contribution in [0.2, 0.25) is 5.02 Å². The second-order valence-electron chi connectivity index (χ2n) is 5.69. The number of benzene rings is 1. The largest absolute Gasteiger partial charge is 0.496 e. The zero-order valence-electron chi connectivity index (χ0n) is 12.6. The zero-order chi connectivity index (χ0) is 15.4. The average Bonchev–Trinajstić information content (AvgIpc) is 2.49. The lowest BCUT2D eigenvalue weighted by atomic mass is 9.84. The van der Waals surface area contributed by atoms with Crippen LogP contribution < -0.4 is 15.8 Å². The Labute approximate surface area is 131 Å². The van der Waals surface area contributed by atoms with Gasteiger partial charge in [0.05, 0.1) is 23.4 Å². The average molecular weight is 311 g/mol. The number of rotatable bonds is 4. The maximum Gasteiger partial charge on any atom is 0.255 e. The molecule has 1 aromatic carbocycles. The molecule has 0 aromatic heterocycles. The van der Waals surface area contributed by atoms with Gasteiger partial charge >= 0.3 is 0 Å². The minimum absolute atomic E-state index is 0.143. The first kappa shape index (κ1) is 16.0. The number of nitrogen functional groups attached to an aromatic ring is 1. The summed E-state index contributed by atoms with van der Waals surface area (Å²) in [6, 6.07) is 3.40. The van der Waals surface area contributed by atoms with Crippen molar-refractivity contribution in [2.75, 3.05) is 12.8 Å². The Kier molecular flexibility index (Phi) is 5.34. The van der Waals surface area contributed by atoms with E-state index in [0.29, 0.717) is 27.9 Å². The minimum Gasteiger partial charge on any atom is -0.496 e. The molecule has 1 aliphatic carbocycles. The van der Waals surface area contributed by atoms with E-state index in [2.05, 4.69) is 12.2 Å². The molecule has 21 heavy (non-hydrogen) atoms. The van der Waals surface area contributed by atoms with E-state index in [4.69, 9.17) is 22.1 Å². The Bertz CT molecular complexity index is 519. The summed E-state index contributed by atoms with van der Waals surface area (Å²) in [7, 11) is 1.52. The Hall–Kier alpha value is -1.42. The van der Waals surface area contributed by atoms with Crippen LogP contribution in [0.3, 0.4) is 0 Å². The maximum atomic E-state index is 12.5. The second-order valence-corrected chi connectivity index (χ2v) is 6.09. The first-order valence-electron chi connectivity index (χ1n) is 7.49. The highest BCUT2D eigenvalue weighted by Crippen LogP contribution is 2.30. The number of hydrogen-bond acceptors (Lipinski definition) is 3. The van der Waals surface area contributed by atoms with Gasteiger partial charge in [0.15, 0.2) is 0 Å².